The first kappa shape index (κ1) is 17.4. The monoisotopic (exact) mass is 344 g/mol. The van der Waals surface area contributed by atoms with E-state index in [-0.39, 0.29) is 24.3 Å². The minimum absolute atomic E-state index is 0.0392. The number of likely N-dealkylation sites (N-methyl/N-ethyl adjacent to an activating group) is 1. The first-order chi connectivity index (χ1) is 12.0. The van der Waals surface area contributed by atoms with Gasteiger partial charge in [-0.3, -0.25) is 14.4 Å². The summed E-state index contributed by atoms with van der Waals surface area (Å²) in [5.74, 6) is -0.359. The van der Waals surface area contributed by atoms with Gasteiger partial charge in [-0.15, -0.1) is 0 Å². The van der Waals surface area contributed by atoms with Crippen LogP contribution < -0.4 is 5.73 Å². The number of rotatable bonds is 4. The van der Waals surface area contributed by atoms with Crippen LogP contribution in [0.25, 0.3) is 0 Å². The van der Waals surface area contributed by atoms with Gasteiger partial charge in [0.25, 0.3) is 0 Å². The average molecular weight is 344 g/mol. The SMILES string of the molecule is CN1CCN(C(=O)[C@@H](N)CN2CCCC2=O)C(c2ccccc2)C1=O. The van der Waals surface area contributed by atoms with Crippen LogP contribution in [0, 0.1) is 0 Å². The van der Waals surface area contributed by atoms with Gasteiger partial charge in [0.05, 0.1) is 0 Å². The molecule has 0 radical (unpaired) electrons. The van der Waals surface area contributed by atoms with Gasteiger partial charge in [-0.1, -0.05) is 30.3 Å². The molecule has 7 nitrogen and oxygen atoms in total. The van der Waals surface area contributed by atoms with Gasteiger partial charge in [0.2, 0.25) is 17.7 Å². The van der Waals surface area contributed by atoms with Crippen molar-refractivity contribution in [3.05, 3.63) is 35.9 Å². The highest BCUT2D eigenvalue weighted by molar-refractivity contribution is 5.92. The molecule has 2 aliphatic heterocycles. The zero-order valence-corrected chi connectivity index (χ0v) is 14.4. The van der Waals surface area contributed by atoms with Crippen LogP contribution >= 0.6 is 0 Å². The molecule has 134 valence electrons. The largest absolute Gasteiger partial charge is 0.342 e. The lowest BCUT2D eigenvalue weighted by Gasteiger charge is -2.40. The molecule has 0 saturated carbocycles. The third-order valence-electron chi connectivity index (χ3n) is 4.90. The summed E-state index contributed by atoms with van der Waals surface area (Å²) in [5.41, 5.74) is 6.88. The summed E-state index contributed by atoms with van der Waals surface area (Å²) < 4.78 is 0. The zero-order chi connectivity index (χ0) is 18.0. The van der Waals surface area contributed by atoms with Crippen LogP contribution in [0.5, 0.6) is 0 Å². The number of carbonyl (C=O) groups is 3. The Kier molecular flexibility index (Phi) is 5.03. The van der Waals surface area contributed by atoms with Gasteiger partial charge in [-0.2, -0.15) is 0 Å². The molecule has 25 heavy (non-hydrogen) atoms. The van der Waals surface area contributed by atoms with E-state index < -0.39 is 12.1 Å². The molecule has 2 N–H and O–H groups in total. The molecule has 0 aromatic heterocycles. The fraction of sp³-hybridized carbons (Fsp3) is 0.500. The highest BCUT2D eigenvalue weighted by Crippen LogP contribution is 2.26. The molecule has 7 heteroatoms. The first-order valence-electron chi connectivity index (χ1n) is 8.63. The lowest BCUT2D eigenvalue weighted by Crippen LogP contribution is -2.58. The molecule has 2 heterocycles. The Morgan fingerprint density at radius 1 is 1.20 bits per heavy atom. The minimum atomic E-state index is -0.815. The maximum Gasteiger partial charge on any atom is 0.249 e. The number of hydrogen-bond donors (Lipinski definition) is 1. The van der Waals surface area contributed by atoms with Crippen LogP contribution in [-0.4, -0.2) is 71.7 Å². The molecular weight excluding hydrogens is 320 g/mol. The maximum atomic E-state index is 12.9. The summed E-state index contributed by atoms with van der Waals surface area (Å²) in [6.07, 6.45) is 1.32. The van der Waals surface area contributed by atoms with Gasteiger partial charge in [-0.25, -0.2) is 0 Å². The molecule has 2 fully saturated rings. The van der Waals surface area contributed by atoms with Crippen LogP contribution in [0.2, 0.25) is 0 Å². The van der Waals surface area contributed by atoms with Crippen molar-refractivity contribution < 1.29 is 14.4 Å². The van der Waals surface area contributed by atoms with E-state index in [1.807, 2.05) is 30.3 Å². The van der Waals surface area contributed by atoms with Crippen molar-refractivity contribution in [1.29, 1.82) is 0 Å². The van der Waals surface area contributed by atoms with E-state index in [2.05, 4.69) is 0 Å². The topological polar surface area (TPSA) is 86.9 Å². The molecular formula is C18H24N4O3. The van der Waals surface area contributed by atoms with Crippen LogP contribution in [0.4, 0.5) is 0 Å². The smallest absolute Gasteiger partial charge is 0.249 e. The Balaban J connectivity index is 1.79. The summed E-state index contributed by atoms with van der Waals surface area (Å²) in [5, 5.41) is 0. The minimum Gasteiger partial charge on any atom is -0.342 e. The van der Waals surface area contributed by atoms with Crippen molar-refractivity contribution in [2.75, 3.05) is 33.2 Å². The Bertz CT molecular complexity index is 664. The standard InChI is InChI=1S/C18H24N4O3/c1-20-10-11-22(16(18(20)25)13-6-3-2-4-7-13)17(24)14(19)12-21-9-5-8-15(21)23/h2-4,6-7,14,16H,5,8-12,19H2,1H3/t14-,16?/m0/s1. The number of carbonyl (C=O) groups excluding carboxylic acids is 3. The van der Waals surface area contributed by atoms with Crippen molar-refractivity contribution in [3.8, 4) is 0 Å². The Morgan fingerprint density at radius 3 is 2.56 bits per heavy atom. The maximum absolute atomic E-state index is 12.9. The lowest BCUT2D eigenvalue weighted by atomic mass is 10.0. The van der Waals surface area contributed by atoms with E-state index in [1.165, 1.54) is 0 Å². The quantitative estimate of drug-likeness (QED) is 0.831. The number of nitrogens with two attached hydrogens (primary N) is 1. The van der Waals surface area contributed by atoms with Crippen LogP contribution in [0.3, 0.4) is 0 Å². The number of piperazine rings is 1. The molecule has 1 aromatic carbocycles. The first-order valence-corrected chi connectivity index (χ1v) is 8.63. The van der Waals surface area contributed by atoms with Gasteiger partial charge in [0, 0.05) is 39.6 Å². The average Bonchev–Trinajstić information content (AvgIpc) is 3.02. The van der Waals surface area contributed by atoms with Crippen molar-refractivity contribution >= 4 is 17.7 Å². The van der Waals surface area contributed by atoms with E-state index in [9.17, 15) is 14.4 Å². The summed E-state index contributed by atoms with van der Waals surface area (Å²) >= 11 is 0. The molecule has 2 saturated heterocycles. The molecule has 2 aliphatic rings. The third-order valence-corrected chi connectivity index (χ3v) is 4.90. The van der Waals surface area contributed by atoms with Crippen molar-refractivity contribution in [3.63, 3.8) is 0 Å². The molecule has 1 aromatic rings. The van der Waals surface area contributed by atoms with Crippen molar-refractivity contribution in [2.45, 2.75) is 24.9 Å². The third kappa shape index (κ3) is 3.51. The summed E-state index contributed by atoms with van der Waals surface area (Å²) in [6, 6.07) is 7.79. The van der Waals surface area contributed by atoms with E-state index in [0.29, 0.717) is 26.1 Å². The van der Waals surface area contributed by atoms with Gasteiger partial charge in [-0.05, 0) is 12.0 Å². The van der Waals surface area contributed by atoms with Crippen molar-refractivity contribution in [1.82, 2.24) is 14.7 Å². The second kappa shape index (κ2) is 7.23. The van der Waals surface area contributed by atoms with Gasteiger partial charge in [0.1, 0.15) is 12.1 Å². The number of amides is 3. The second-order valence-electron chi connectivity index (χ2n) is 6.65. The number of benzene rings is 1. The zero-order valence-electron chi connectivity index (χ0n) is 14.4. The van der Waals surface area contributed by atoms with Crippen molar-refractivity contribution in [2.24, 2.45) is 5.73 Å². The van der Waals surface area contributed by atoms with E-state index in [1.54, 1.807) is 21.7 Å². The highest BCUT2D eigenvalue weighted by Gasteiger charge is 2.39. The number of hydrogen-bond acceptors (Lipinski definition) is 4. The number of nitrogens with zero attached hydrogens (tertiary/aromatic N) is 3. The Morgan fingerprint density at radius 2 is 1.92 bits per heavy atom. The molecule has 0 bridgehead atoms. The molecule has 2 atom stereocenters. The molecule has 3 amide bonds. The van der Waals surface area contributed by atoms with Gasteiger partial charge in [0.15, 0.2) is 0 Å². The van der Waals surface area contributed by atoms with E-state index in [4.69, 9.17) is 5.73 Å². The fourth-order valence-electron chi connectivity index (χ4n) is 3.46. The Labute approximate surface area is 147 Å². The fourth-order valence-corrected chi connectivity index (χ4v) is 3.46. The van der Waals surface area contributed by atoms with Crippen LogP contribution in [0.1, 0.15) is 24.4 Å². The van der Waals surface area contributed by atoms with Crippen LogP contribution in [0.15, 0.2) is 30.3 Å². The summed E-state index contributed by atoms with van der Waals surface area (Å²) in [7, 11) is 1.74. The predicted molar refractivity (Wildman–Crippen MR) is 92.3 cm³/mol. The van der Waals surface area contributed by atoms with Crippen LogP contribution in [-0.2, 0) is 14.4 Å². The van der Waals surface area contributed by atoms with E-state index >= 15 is 0 Å². The Hall–Kier alpha value is -2.41. The molecule has 0 spiro atoms. The predicted octanol–water partition coefficient (Wildman–Crippen LogP) is -0.0220. The second-order valence-corrected chi connectivity index (χ2v) is 6.65. The van der Waals surface area contributed by atoms with E-state index in [0.717, 1.165) is 12.0 Å². The summed E-state index contributed by atoms with van der Waals surface area (Å²) in [4.78, 5) is 42.2. The van der Waals surface area contributed by atoms with Gasteiger partial charge < -0.3 is 20.4 Å². The molecule has 3 rings (SSSR count). The molecule has 1 unspecified atom stereocenters. The highest BCUT2D eigenvalue weighted by atomic mass is 16.2. The number of likely N-dealkylation sites (tertiary alicyclic amines) is 1. The lowest BCUT2D eigenvalue weighted by molar-refractivity contribution is -0.151. The summed E-state index contributed by atoms with van der Waals surface area (Å²) in [6.45, 7) is 1.76. The normalized spacial score (nSPS) is 22.5. The molecule has 0 aliphatic carbocycles. The van der Waals surface area contributed by atoms with Gasteiger partial charge >= 0.3 is 0 Å².